The van der Waals surface area contributed by atoms with Crippen molar-refractivity contribution in [3.8, 4) is 44.6 Å². The summed E-state index contributed by atoms with van der Waals surface area (Å²) in [6.45, 7) is 30.4. The van der Waals surface area contributed by atoms with Crippen LogP contribution in [0, 0.1) is 55.4 Å². The number of benzene rings is 7. The fourth-order valence-corrected chi connectivity index (χ4v) is 21.7. The molecule has 3 aliphatic rings. The molecule has 0 fully saturated rings. The van der Waals surface area contributed by atoms with Crippen LogP contribution in [0.1, 0.15) is 109 Å². The first kappa shape index (κ1) is 60.4. The number of nitrogens with one attached hydrogen (secondary N) is 2. The Morgan fingerprint density at radius 1 is 0.411 bits per heavy atom. The van der Waals surface area contributed by atoms with Crippen LogP contribution in [0.4, 0.5) is 0 Å². The molecule has 10 nitrogen and oxygen atoms in total. The molecule has 9 heterocycles. The number of hydrogen-bond donors (Lipinski definition) is 2. The molecule has 0 saturated carbocycles. The summed E-state index contributed by atoms with van der Waals surface area (Å²) >= 11 is 0. The second-order valence-electron chi connectivity index (χ2n) is 28.6. The van der Waals surface area contributed by atoms with Gasteiger partial charge in [-0.2, -0.15) is 0 Å². The van der Waals surface area contributed by atoms with E-state index in [4.69, 9.17) is 9.97 Å². The van der Waals surface area contributed by atoms with Gasteiger partial charge in [-0.05, 0) is 189 Å². The van der Waals surface area contributed by atoms with Crippen LogP contribution in [-0.2, 0) is 30.9 Å². The van der Waals surface area contributed by atoms with E-state index in [9.17, 15) is 0 Å². The lowest BCUT2D eigenvalue weighted by Gasteiger charge is -2.26. The SMILES string of the molecule is Cc1ccc(S(=O)(=O)n2c3ccccc3c3c2c2cc4nc-2c2c5[nH]c(cc5c5c(c6ccccc6n5S(=O)(=O)c5ccc(C)cc5)p23)c(-c2c(C)cc(C)cc2C)c2nc(c(-c3cc(C(C)(C)C)cc(C(C)(C)C)c3)c3ccc([nH]3)c4-c3c(C)cc(C)cc3C)C=C2)cc1. The van der Waals surface area contributed by atoms with E-state index in [0.29, 0.717) is 49.7 Å². The topological polar surface area (TPSA) is 136 Å². The van der Waals surface area contributed by atoms with Crippen LogP contribution in [0.3, 0.4) is 0 Å². The van der Waals surface area contributed by atoms with Crippen molar-refractivity contribution in [3.63, 3.8) is 0 Å². The van der Waals surface area contributed by atoms with Crippen LogP contribution >= 0.6 is 7.34 Å². The highest BCUT2D eigenvalue weighted by molar-refractivity contribution is 7.90. The number of aromatic nitrogens is 6. The molecule has 16 rings (SSSR count). The molecule has 2 N–H and O–H groups in total. The molecular formula is C82H73N6O4PS2. The fourth-order valence-electron chi connectivity index (χ4n) is 15.3. The molecule has 95 heavy (non-hydrogen) atoms. The third-order valence-corrected chi connectivity index (χ3v) is 25.8. The standard InChI is InChI=1S/C82H73N6O4PS2/c1-44-23-27-55(28-24-44)94(89,90)87-67-21-17-15-19-57(67)78-76(87)59-42-65-72(69-48(5)35-46(3)36-49(69)6)63-33-31-61(83-63)71(52-39-53(81(9,10)11)41-54(40-52)82(12,13)14)62-32-34-64(84-62)73(70-50(7)37-47(4)38-51(70)8)66-43-60-75(86-66)80(74(59)85-65)93(78)79-58-20-16-18-22-68(58)88(77(60)79)95(91,92)56-29-25-45(2)26-30-56/h15-43,83,86H,1-14H3. The zero-order chi connectivity index (χ0) is 66.4. The molecular weight excluding hydrogens is 1230 g/mol. The summed E-state index contributed by atoms with van der Waals surface area (Å²) in [5, 5.41) is 4.59. The van der Waals surface area contributed by atoms with E-state index in [1.54, 1.807) is 32.2 Å². The van der Waals surface area contributed by atoms with E-state index in [2.05, 4.69) is 172 Å². The summed E-state index contributed by atoms with van der Waals surface area (Å²) in [5.41, 5.74) is 24.5. The van der Waals surface area contributed by atoms with Gasteiger partial charge in [0.2, 0.25) is 0 Å². The molecule has 1 unspecified atom stereocenters. The van der Waals surface area contributed by atoms with Gasteiger partial charge in [0.05, 0.1) is 60.0 Å². The van der Waals surface area contributed by atoms with Crippen LogP contribution < -0.4 is 0 Å². The van der Waals surface area contributed by atoms with Crippen LogP contribution in [-0.4, -0.2) is 44.7 Å². The molecule has 6 aromatic heterocycles. The molecule has 7 aromatic carbocycles. The van der Waals surface area contributed by atoms with Crippen LogP contribution in [0.15, 0.2) is 174 Å². The highest BCUT2D eigenvalue weighted by Crippen LogP contribution is 2.61. The monoisotopic (exact) mass is 1300 g/mol. The second kappa shape index (κ2) is 21.0. The molecule has 3 aliphatic heterocycles. The third-order valence-electron chi connectivity index (χ3n) is 19.7. The lowest BCUT2D eigenvalue weighted by atomic mass is 9.79. The number of rotatable bonds is 7. The molecule has 472 valence electrons. The van der Waals surface area contributed by atoms with Gasteiger partial charge in [0.1, 0.15) is 0 Å². The number of aryl methyl sites for hydroxylation is 8. The Balaban J connectivity index is 1.25. The van der Waals surface area contributed by atoms with Crippen molar-refractivity contribution in [2.24, 2.45) is 0 Å². The van der Waals surface area contributed by atoms with Gasteiger partial charge in [-0.3, -0.25) is 0 Å². The van der Waals surface area contributed by atoms with Gasteiger partial charge >= 0.3 is 0 Å². The van der Waals surface area contributed by atoms with Crippen molar-refractivity contribution < 1.29 is 16.8 Å². The lowest BCUT2D eigenvalue weighted by molar-refractivity contribution is 0.569. The highest BCUT2D eigenvalue weighted by Gasteiger charge is 2.36. The maximum Gasteiger partial charge on any atom is 0.268 e. The molecule has 0 saturated heterocycles. The van der Waals surface area contributed by atoms with Gasteiger partial charge in [-0.15, -0.1) is 0 Å². The van der Waals surface area contributed by atoms with E-state index >= 15 is 16.8 Å². The quantitative estimate of drug-likeness (QED) is 0.163. The summed E-state index contributed by atoms with van der Waals surface area (Å²) in [6.07, 6.45) is 4.30. The summed E-state index contributed by atoms with van der Waals surface area (Å²) < 4.78 is 68.3. The molecule has 0 spiro atoms. The molecule has 0 aliphatic carbocycles. The van der Waals surface area contributed by atoms with Crippen molar-refractivity contribution in [1.29, 1.82) is 0 Å². The largest absolute Gasteiger partial charge is 0.354 e. The highest BCUT2D eigenvalue weighted by atomic mass is 32.2. The van der Waals surface area contributed by atoms with Gasteiger partial charge < -0.3 is 9.97 Å². The Morgan fingerprint density at radius 3 is 1.39 bits per heavy atom. The normalized spacial score (nSPS) is 13.3. The van der Waals surface area contributed by atoms with Crippen LogP contribution in [0.25, 0.3) is 138 Å². The summed E-state index contributed by atoms with van der Waals surface area (Å²) in [6, 6.07) is 54.3. The number of fused-ring (bicyclic) bond motifs is 16. The number of aromatic amines is 2. The molecule has 13 heteroatoms. The van der Waals surface area contributed by atoms with E-state index in [1.165, 1.54) is 11.1 Å². The molecule has 8 bridgehead atoms. The van der Waals surface area contributed by atoms with Gasteiger partial charge in [-0.1, -0.05) is 174 Å². The predicted octanol–water partition coefficient (Wildman–Crippen LogP) is 21.5. The molecule has 1 atom stereocenters. The van der Waals surface area contributed by atoms with Crippen molar-refractivity contribution in [1.82, 2.24) is 27.9 Å². The lowest BCUT2D eigenvalue weighted by Crippen LogP contribution is -2.16. The van der Waals surface area contributed by atoms with Crippen LogP contribution in [0.5, 0.6) is 0 Å². The predicted molar refractivity (Wildman–Crippen MR) is 398 cm³/mol. The maximum atomic E-state index is 16.3. The maximum absolute atomic E-state index is 16.3. The van der Waals surface area contributed by atoms with Crippen molar-refractivity contribution in [2.45, 2.75) is 118 Å². The molecule has 0 radical (unpaired) electrons. The first-order valence-corrected chi connectivity index (χ1v) is 36.7. The van der Waals surface area contributed by atoms with Gasteiger partial charge in [-0.25, -0.2) is 34.7 Å². The summed E-state index contributed by atoms with van der Waals surface area (Å²) in [5.74, 6) is 0. The van der Waals surface area contributed by atoms with E-state index in [0.717, 1.165) is 132 Å². The van der Waals surface area contributed by atoms with Crippen LogP contribution in [0.2, 0.25) is 0 Å². The number of H-pyrrole nitrogens is 2. The van der Waals surface area contributed by atoms with Crippen molar-refractivity contribution >= 4 is 121 Å². The first-order chi connectivity index (χ1) is 45.2. The summed E-state index contributed by atoms with van der Waals surface area (Å²) in [7, 11) is -10.7. The Morgan fingerprint density at radius 2 is 0.874 bits per heavy atom. The average molecular weight is 1300 g/mol. The Hall–Kier alpha value is -9.58. The number of nitrogens with zero attached hydrogens (tertiary/aromatic N) is 4. The zero-order valence-electron chi connectivity index (χ0n) is 55.9. The molecule has 13 aromatic rings. The minimum Gasteiger partial charge on any atom is -0.354 e. The Bertz CT molecular complexity index is 6140. The van der Waals surface area contributed by atoms with Gasteiger partial charge in [0, 0.05) is 70.3 Å². The van der Waals surface area contributed by atoms with E-state index in [-0.39, 0.29) is 20.6 Å². The van der Waals surface area contributed by atoms with Crippen molar-refractivity contribution in [3.05, 3.63) is 231 Å². The fraction of sp³-hybridized carbons (Fsp3) is 0.195. The number of hydrogen-bond acceptors (Lipinski definition) is 6. The van der Waals surface area contributed by atoms with E-state index < -0.39 is 27.4 Å². The minimum atomic E-state index is -4.40. The second-order valence-corrected chi connectivity index (χ2v) is 34.2. The van der Waals surface area contributed by atoms with Crippen molar-refractivity contribution in [2.75, 3.05) is 0 Å². The van der Waals surface area contributed by atoms with E-state index in [1.807, 2.05) is 86.6 Å². The average Bonchev–Trinajstić information content (AvgIpc) is 1.51. The van der Waals surface area contributed by atoms with Gasteiger partial charge in [0.25, 0.3) is 20.0 Å². The Kier molecular flexibility index (Phi) is 13.3. The Labute approximate surface area is 554 Å². The first-order valence-electron chi connectivity index (χ1n) is 32.5. The minimum absolute atomic E-state index is 0.142. The zero-order valence-corrected chi connectivity index (χ0v) is 58.5. The smallest absolute Gasteiger partial charge is 0.268 e. The molecule has 0 amide bonds. The van der Waals surface area contributed by atoms with Gasteiger partial charge in [0.15, 0.2) is 0 Å². The summed E-state index contributed by atoms with van der Waals surface area (Å²) in [4.78, 5) is 20.4. The number of para-hydroxylation sites is 2. The third kappa shape index (κ3) is 9.14.